The Bertz CT molecular complexity index is 432. The lowest BCUT2D eigenvalue weighted by atomic mass is 10.0. The van der Waals surface area contributed by atoms with Crippen LogP contribution in [-0.2, 0) is 22.4 Å². The van der Waals surface area contributed by atoms with E-state index in [-0.39, 0.29) is 24.7 Å². The van der Waals surface area contributed by atoms with E-state index in [9.17, 15) is 9.90 Å². The molecule has 0 atom stereocenters. The summed E-state index contributed by atoms with van der Waals surface area (Å²) in [5, 5.41) is 18.6. The Labute approximate surface area is 114 Å². The van der Waals surface area contributed by atoms with Crippen molar-refractivity contribution in [3.63, 3.8) is 0 Å². The lowest BCUT2D eigenvalue weighted by Gasteiger charge is -2.19. The maximum absolute atomic E-state index is 11.6. The Balaban J connectivity index is 2.61. The highest BCUT2D eigenvalue weighted by Crippen LogP contribution is 2.21. The van der Waals surface area contributed by atoms with Gasteiger partial charge in [-0.05, 0) is 50.8 Å². The summed E-state index contributed by atoms with van der Waals surface area (Å²) in [6.45, 7) is 5.54. The van der Waals surface area contributed by atoms with Gasteiger partial charge in [-0.1, -0.05) is 12.1 Å². The standard InChI is InChI=1S/C15H22O4/c1-15(2,3)19-14(18)7-5-12-10-11(8-9-16)4-6-13(12)17/h4,6,10,16-17H,5,7-9H2,1-3H3. The number of aromatic hydroxyl groups is 1. The van der Waals surface area contributed by atoms with E-state index in [1.165, 1.54) is 0 Å². The zero-order valence-electron chi connectivity index (χ0n) is 11.8. The zero-order valence-corrected chi connectivity index (χ0v) is 11.8. The number of benzene rings is 1. The third-order valence-electron chi connectivity index (χ3n) is 2.56. The molecule has 0 aliphatic heterocycles. The minimum Gasteiger partial charge on any atom is -0.508 e. The Morgan fingerprint density at radius 1 is 1.26 bits per heavy atom. The largest absolute Gasteiger partial charge is 0.508 e. The van der Waals surface area contributed by atoms with Gasteiger partial charge in [0.2, 0.25) is 0 Å². The van der Waals surface area contributed by atoms with Crippen molar-refractivity contribution >= 4 is 5.97 Å². The minimum atomic E-state index is -0.488. The van der Waals surface area contributed by atoms with E-state index in [2.05, 4.69) is 0 Å². The topological polar surface area (TPSA) is 66.8 Å². The predicted molar refractivity (Wildman–Crippen MR) is 73.1 cm³/mol. The van der Waals surface area contributed by atoms with Crippen molar-refractivity contribution in [2.75, 3.05) is 6.61 Å². The number of aliphatic hydroxyl groups excluding tert-OH is 1. The quantitative estimate of drug-likeness (QED) is 0.802. The number of phenols is 1. The first-order chi connectivity index (χ1) is 8.81. The van der Waals surface area contributed by atoms with E-state index in [1.807, 2.05) is 26.8 Å². The molecule has 0 heterocycles. The van der Waals surface area contributed by atoms with Crippen LogP contribution in [0, 0.1) is 0 Å². The first-order valence-electron chi connectivity index (χ1n) is 6.45. The van der Waals surface area contributed by atoms with Crippen LogP contribution in [0.5, 0.6) is 5.75 Å². The number of hydrogen-bond donors (Lipinski definition) is 2. The fourth-order valence-corrected chi connectivity index (χ4v) is 1.75. The van der Waals surface area contributed by atoms with E-state index in [1.54, 1.807) is 12.1 Å². The summed E-state index contributed by atoms with van der Waals surface area (Å²) in [5.74, 6) is -0.107. The summed E-state index contributed by atoms with van der Waals surface area (Å²) in [5.41, 5.74) is 1.16. The van der Waals surface area contributed by atoms with Crippen molar-refractivity contribution in [1.29, 1.82) is 0 Å². The van der Waals surface area contributed by atoms with Crippen LogP contribution in [0.2, 0.25) is 0 Å². The number of phenolic OH excluding ortho intramolecular Hbond substituents is 1. The lowest BCUT2D eigenvalue weighted by Crippen LogP contribution is -2.24. The van der Waals surface area contributed by atoms with Crippen molar-refractivity contribution in [1.82, 2.24) is 0 Å². The molecule has 0 bridgehead atoms. The molecule has 4 nitrogen and oxygen atoms in total. The van der Waals surface area contributed by atoms with E-state index >= 15 is 0 Å². The molecule has 0 aliphatic carbocycles. The van der Waals surface area contributed by atoms with Crippen molar-refractivity contribution in [3.8, 4) is 5.75 Å². The number of carbonyl (C=O) groups is 1. The molecule has 0 saturated heterocycles. The molecule has 0 aromatic heterocycles. The molecule has 0 saturated carbocycles. The number of esters is 1. The molecular weight excluding hydrogens is 244 g/mol. The van der Waals surface area contributed by atoms with E-state index in [0.29, 0.717) is 18.4 Å². The first-order valence-corrected chi connectivity index (χ1v) is 6.45. The number of aryl methyl sites for hydroxylation is 1. The number of carbonyl (C=O) groups excluding carboxylic acids is 1. The van der Waals surface area contributed by atoms with Gasteiger partial charge in [0, 0.05) is 13.0 Å². The molecule has 0 unspecified atom stereocenters. The highest BCUT2D eigenvalue weighted by atomic mass is 16.6. The Morgan fingerprint density at radius 3 is 2.53 bits per heavy atom. The van der Waals surface area contributed by atoms with Gasteiger partial charge in [0.25, 0.3) is 0 Å². The van der Waals surface area contributed by atoms with Crippen LogP contribution in [-0.4, -0.2) is 28.4 Å². The summed E-state index contributed by atoms with van der Waals surface area (Å²) in [4.78, 5) is 11.6. The van der Waals surface area contributed by atoms with Crippen LogP contribution in [0.3, 0.4) is 0 Å². The van der Waals surface area contributed by atoms with Crippen molar-refractivity contribution in [2.45, 2.75) is 45.6 Å². The van der Waals surface area contributed by atoms with Crippen LogP contribution >= 0.6 is 0 Å². The maximum Gasteiger partial charge on any atom is 0.306 e. The average molecular weight is 266 g/mol. The molecule has 4 heteroatoms. The van der Waals surface area contributed by atoms with E-state index in [4.69, 9.17) is 9.84 Å². The van der Waals surface area contributed by atoms with E-state index < -0.39 is 5.60 Å². The predicted octanol–water partition coefficient (Wildman–Crippen LogP) is 2.20. The van der Waals surface area contributed by atoms with Gasteiger partial charge < -0.3 is 14.9 Å². The fraction of sp³-hybridized carbons (Fsp3) is 0.533. The number of hydrogen-bond acceptors (Lipinski definition) is 4. The Kier molecular flexibility index (Phi) is 5.36. The third kappa shape index (κ3) is 5.75. The summed E-state index contributed by atoms with van der Waals surface area (Å²) < 4.78 is 5.22. The molecule has 1 aromatic carbocycles. The third-order valence-corrected chi connectivity index (χ3v) is 2.56. The normalized spacial score (nSPS) is 11.4. The van der Waals surface area contributed by atoms with Gasteiger partial charge in [0.05, 0.1) is 0 Å². The smallest absolute Gasteiger partial charge is 0.306 e. The van der Waals surface area contributed by atoms with Gasteiger partial charge in [-0.3, -0.25) is 4.79 Å². The second-order valence-corrected chi connectivity index (χ2v) is 5.52. The SMILES string of the molecule is CC(C)(C)OC(=O)CCc1cc(CCO)ccc1O. The molecule has 1 rings (SSSR count). The van der Waals surface area contributed by atoms with Gasteiger partial charge in [0.1, 0.15) is 11.4 Å². The molecule has 19 heavy (non-hydrogen) atoms. The van der Waals surface area contributed by atoms with Gasteiger partial charge in [-0.25, -0.2) is 0 Å². The summed E-state index contributed by atoms with van der Waals surface area (Å²) >= 11 is 0. The van der Waals surface area contributed by atoms with Crippen molar-refractivity contribution < 1.29 is 19.7 Å². The molecule has 2 N–H and O–H groups in total. The number of rotatable bonds is 5. The molecule has 0 aliphatic rings. The molecule has 0 amide bonds. The van der Waals surface area contributed by atoms with Gasteiger partial charge in [-0.2, -0.15) is 0 Å². The molecule has 0 radical (unpaired) electrons. The number of aliphatic hydroxyl groups is 1. The highest BCUT2D eigenvalue weighted by Gasteiger charge is 2.16. The van der Waals surface area contributed by atoms with Crippen LogP contribution in [0.25, 0.3) is 0 Å². The van der Waals surface area contributed by atoms with Gasteiger partial charge in [0.15, 0.2) is 0 Å². The van der Waals surface area contributed by atoms with Crippen LogP contribution in [0.1, 0.15) is 38.3 Å². The summed E-state index contributed by atoms with van der Waals surface area (Å²) in [7, 11) is 0. The molecule has 0 fully saturated rings. The van der Waals surface area contributed by atoms with Gasteiger partial charge >= 0.3 is 5.97 Å². The minimum absolute atomic E-state index is 0.0658. The fourth-order valence-electron chi connectivity index (χ4n) is 1.75. The first kappa shape index (κ1) is 15.5. The lowest BCUT2D eigenvalue weighted by molar-refractivity contribution is -0.154. The van der Waals surface area contributed by atoms with Crippen molar-refractivity contribution in [2.24, 2.45) is 0 Å². The summed E-state index contributed by atoms with van der Waals surface area (Å²) in [6.07, 6.45) is 1.20. The second-order valence-electron chi connectivity index (χ2n) is 5.52. The Morgan fingerprint density at radius 2 is 1.95 bits per heavy atom. The zero-order chi connectivity index (χ0) is 14.5. The molecule has 106 valence electrons. The molecule has 1 aromatic rings. The summed E-state index contributed by atoms with van der Waals surface area (Å²) in [6, 6.07) is 5.17. The molecular formula is C15H22O4. The van der Waals surface area contributed by atoms with Crippen LogP contribution in [0.15, 0.2) is 18.2 Å². The molecule has 0 spiro atoms. The second kappa shape index (κ2) is 6.57. The van der Waals surface area contributed by atoms with Crippen LogP contribution in [0.4, 0.5) is 0 Å². The average Bonchev–Trinajstić information content (AvgIpc) is 2.28. The highest BCUT2D eigenvalue weighted by molar-refractivity contribution is 5.70. The maximum atomic E-state index is 11.6. The van der Waals surface area contributed by atoms with Crippen LogP contribution < -0.4 is 0 Å². The Hall–Kier alpha value is -1.55. The number of ether oxygens (including phenoxy) is 1. The monoisotopic (exact) mass is 266 g/mol. The van der Waals surface area contributed by atoms with Crippen molar-refractivity contribution in [3.05, 3.63) is 29.3 Å². The van der Waals surface area contributed by atoms with Gasteiger partial charge in [-0.15, -0.1) is 0 Å². The van der Waals surface area contributed by atoms with E-state index in [0.717, 1.165) is 5.56 Å².